The summed E-state index contributed by atoms with van der Waals surface area (Å²) in [6.45, 7) is 5.43. The molecule has 1 aliphatic heterocycles. The summed E-state index contributed by atoms with van der Waals surface area (Å²) >= 11 is 0. The fraction of sp³-hybridized carbons (Fsp3) is 0.533. The number of hydrogen-bond donors (Lipinski definition) is 3. The van der Waals surface area contributed by atoms with Crippen molar-refractivity contribution in [1.82, 2.24) is 10.6 Å². The molecule has 20 heavy (non-hydrogen) atoms. The highest BCUT2D eigenvalue weighted by Gasteiger charge is 2.18. The van der Waals surface area contributed by atoms with Gasteiger partial charge in [-0.1, -0.05) is 29.3 Å². The minimum Gasteiger partial charge on any atom is -0.387 e. The highest BCUT2D eigenvalue weighted by atomic mass is 16.5. The maximum Gasteiger partial charge on any atom is 0.315 e. The van der Waals surface area contributed by atoms with E-state index in [0.717, 1.165) is 23.1 Å². The predicted octanol–water partition coefficient (Wildman–Crippen LogP) is 1.42. The van der Waals surface area contributed by atoms with Crippen molar-refractivity contribution in [1.29, 1.82) is 0 Å². The molecule has 5 heteroatoms. The average molecular weight is 278 g/mol. The van der Waals surface area contributed by atoms with Crippen LogP contribution in [-0.4, -0.2) is 36.9 Å². The Morgan fingerprint density at radius 2 is 2.10 bits per heavy atom. The third kappa shape index (κ3) is 4.21. The monoisotopic (exact) mass is 278 g/mol. The lowest BCUT2D eigenvalue weighted by Crippen LogP contribution is -2.43. The van der Waals surface area contributed by atoms with Crippen LogP contribution < -0.4 is 10.6 Å². The van der Waals surface area contributed by atoms with E-state index in [1.54, 1.807) is 0 Å². The molecular formula is C15H22N2O3. The molecule has 0 bridgehead atoms. The minimum absolute atomic E-state index is 0.0772. The van der Waals surface area contributed by atoms with Gasteiger partial charge in [-0.25, -0.2) is 4.79 Å². The quantitative estimate of drug-likeness (QED) is 0.780. The van der Waals surface area contributed by atoms with Gasteiger partial charge in [0.1, 0.15) is 0 Å². The first kappa shape index (κ1) is 14.8. The van der Waals surface area contributed by atoms with Crippen LogP contribution in [0.2, 0.25) is 0 Å². The van der Waals surface area contributed by atoms with Crippen molar-refractivity contribution in [2.45, 2.75) is 32.4 Å². The van der Waals surface area contributed by atoms with E-state index in [-0.39, 0.29) is 18.6 Å². The molecule has 0 aromatic heterocycles. The zero-order valence-electron chi connectivity index (χ0n) is 12.0. The number of amides is 2. The number of nitrogens with one attached hydrogen (secondary N) is 2. The molecule has 0 aliphatic carbocycles. The first-order valence-electron chi connectivity index (χ1n) is 6.93. The summed E-state index contributed by atoms with van der Waals surface area (Å²) < 4.78 is 5.19. The molecule has 0 radical (unpaired) electrons. The van der Waals surface area contributed by atoms with Gasteiger partial charge in [-0.05, 0) is 25.8 Å². The van der Waals surface area contributed by atoms with Gasteiger partial charge in [0.15, 0.2) is 0 Å². The number of hydrogen-bond acceptors (Lipinski definition) is 3. The van der Waals surface area contributed by atoms with Crippen molar-refractivity contribution in [3.63, 3.8) is 0 Å². The van der Waals surface area contributed by atoms with Crippen molar-refractivity contribution in [2.24, 2.45) is 0 Å². The molecule has 1 aliphatic rings. The largest absolute Gasteiger partial charge is 0.387 e. The maximum absolute atomic E-state index is 11.7. The van der Waals surface area contributed by atoms with Crippen LogP contribution in [0.1, 0.15) is 29.2 Å². The van der Waals surface area contributed by atoms with Gasteiger partial charge in [0, 0.05) is 13.2 Å². The van der Waals surface area contributed by atoms with Gasteiger partial charge in [0.25, 0.3) is 0 Å². The Labute approximate surface area is 119 Å². The van der Waals surface area contributed by atoms with Crippen molar-refractivity contribution >= 4 is 6.03 Å². The van der Waals surface area contributed by atoms with Gasteiger partial charge in [-0.3, -0.25) is 0 Å². The van der Waals surface area contributed by atoms with Gasteiger partial charge in [0.05, 0.1) is 18.8 Å². The van der Waals surface area contributed by atoms with Crippen LogP contribution >= 0.6 is 0 Å². The summed E-state index contributed by atoms with van der Waals surface area (Å²) in [5.74, 6) is 0. The van der Waals surface area contributed by atoms with Crippen LogP contribution in [0, 0.1) is 13.8 Å². The van der Waals surface area contributed by atoms with Crippen molar-refractivity contribution in [3.05, 3.63) is 34.9 Å². The zero-order valence-corrected chi connectivity index (χ0v) is 12.0. The third-order valence-corrected chi connectivity index (χ3v) is 3.35. The van der Waals surface area contributed by atoms with E-state index in [1.807, 2.05) is 26.0 Å². The third-order valence-electron chi connectivity index (χ3n) is 3.35. The highest BCUT2D eigenvalue weighted by Crippen LogP contribution is 2.16. The van der Waals surface area contributed by atoms with E-state index in [4.69, 9.17) is 4.74 Å². The second-order valence-electron chi connectivity index (χ2n) is 5.35. The second kappa shape index (κ2) is 6.72. The molecule has 3 N–H and O–H groups in total. The molecule has 5 nitrogen and oxygen atoms in total. The lowest BCUT2D eigenvalue weighted by Gasteiger charge is -2.16. The molecule has 2 amide bonds. The normalized spacial score (nSPS) is 19.6. The lowest BCUT2D eigenvalue weighted by atomic mass is 10.0. The standard InChI is InChI=1S/C15H22N2O3/c1-10-5-11(2)7-12(6-10)14(18)8-16-15(19)17-13-3-4-20-9-13/h5-7,13-14,18H,3-4,8-9H2,1-2H3,(H2,16,17,19)/t13-,14-/m1/s1. The summed E-state index contributed by atoms with van der Waals surface area (Å²) in [5, 5.41) is 15.6. The van der Waals surface area contributed by atoms with Crippen molar-refractivity contribution in [3.8, 4) is 0 Å². The maximum atomic E-state index is 11.7. The van der Waals surface area contributed by atoms with Gasteiger partial charge in [0.2, 0.25) is 0 Å². The molecule has 2 rings (SSSR count). The number of ether oxygens (including phenoxy) is 1. The predicted molar refractivity (Wildman–Crippen MR) is 76.6 cm³/mol. The summed E-state index contributed by atoms with van der Waals surface area (Å²) in [7, 11) is 0. The van der Waals surface area contributed by atoms with E-state index >= 15 is 0 Å². The van der Waals surface area contributed by atoms with E-state index in [1.165, 1.54) is 0 Å². The fourth-order valence-electron chi connectivity index (χ4n) is 2.39. The molecule has 0 unspecified atom stereocenters. The number of carbonyl (C=O) groups excluding carboxylic acids is 1. The van der Waals surface area contributed by atoms with Gasteiger partial charge < -0.3 is 20.5 Å². The minimum atomic E-state index is -0.695. The van der Waals surface area contributed by atoms with Crippen LogP contribution in [0.3, 0.4) is 0 Å². The second-order valence-corrected chi connectivity index (χ2v) is 5.35. The molecule has 0 saturated carbocycles. The number of carbonyl (C=O) groups is 1. The lowest BCUT2D eigenvalue weighted by molar-refractivity contribution is 0.170. The van der Waals surface area contributed by atoms with Gasteiger partial charge in [-0.2, -0.15) is 0 Å². The number of rotatable bonds is 4. The number of aryl methyl sites for hydroxylation is 2. The smallest absolute Gasteiger partial charge is 0.315 e. The molecule has 1 saturated heterocycles. The van der Waals surface area contributed by atoms with Crippen LogP contribution in [0.15, 0.2) is 18.2 Å². The molecule has 1 heterocycles. The summed E-state index contributed by atoms with van der Waals surface area (Å²) in [4.78, 5) is 11.7. The van der Waals surface area contributed by atoms with E-state index < -0.39 is 6.10 Å². The Morgan fingerprint density at radius 3 is 2.70 bits per heavy atom. The van der Waals surface area contributed by atoms with E-state index in [9.17, 15) is 9.90 Å². The number of aliphatic hydroxyl groups excluding tert-OH is 1. The number of urea groups is 1. The Kier molecular flexibility index (Phi) is 4.98. The van der Waals surface area contributed by atoms with Crippen LogP contribution in [0.4, 0.5) is 4.79 Å². The van der Waals surface area contributed by atoms with E-state index in [0.29, 0.717) is 13.2 Å². The fourth-order valence-corrected chi connectivity index (χ4v) is 2.39. The Balaban J connectivity index is 1.81. The van der Waals surface area contributed by atoms with Crippen LogP contribution in [-0.2, 0) is 4.74 Å². The average Bonchev–Trinajstić information content (AvgIpc) is 2.87. The van der Waals surface area contributed by atoms with Gasteiger partial charge in [-0.15, -0.1) is 0 Å². The van der Waals surface area contributed by atoms with Crippen molar-refractivity contribution in [2.75, 3.05) is 19.8 Å². The molecule has 110 valence electrons. The number of aliphatic hydroxyl groups is 1. The molecule has 0 spiro atoms. The zero-order chi connectivity index (χ0) is 14.5. The molecule has 1 aromatic rings. The highest BCUT2D eigenvalue weighted by molar-refractivity contribution is 5.74. The Hall–Kier alpha value is -1.59. The molecule has 2 atom stereocenters. The van der Waals surface area contributed by atoms with E-state index in [2.05, 4.69) is 16.7 Å². The van der Waals surface area contributed by atoms with Crippen LogP contribution in [0.5, 0.6) is 0 Å². The molecular weight excluding hydrogens is 256 g/mol. The first-order chi connectivity index (χ1) is 9.54. The molecule has 1 fully saturated rings. The van der Waals surface area contributed by atoms with Crippen molar-refractivity contribution < 1.29 is 14.6 Å². The number of benzene rings is 1. The SMILES string of the molecule is Cc1cc(C)cc([C@H](O)CNC(=O)N[C@@H]2CCOC2)c1. The summed E-state index contributed by atoms with van der Waals surface area (Å²) in [6, 6.07) is 5.73. The molecule has 1 aromatic carbocycles. The first-order valence-corrected chi connectivity index (χ1v) is 6.93. The van der Waals surface area contributed by atoms with Crippen LogP contribution in [0.25, 0.3) is 0 Å². The van der Waals surface area contributed by atoms with Gasteiger partial charge >= 0.3 is 6.03 Å². The summed E-state index contributed by atoms with van der Waals surface area (Å²) in [5.41, 5.74) is 3.03. The summed E-state index contributed by atoms with van der Waals surface area (Å²) in [6.07, 6.45) is 0.145. The Morgan fingerprint density at radius 1 is 1.40 bits per heavy atom. The Bertz CT molecular complexity index is 450. The topological polar surface area (TPSA) is 70.6 Å².